The zero-order valence-corrected chi connectivity index (χ0v) is 10.0. The lowest BCUT2D eigenvalue weighted by Crippen LogP contribution is -2.41. The molecule has 0 aliphatic carbocycles. The van der Waals surface area contributed by atoms with Gasteiger partial charge in [-0.05, 0) is 12.8 Å². The summed E-state index contributed by atoms with van der Waals surface area (Å²) in [6.45, 7) is 4.53. The number of hydrogen-bond acceptors (Lipinski definition) is 2. The van der Waals surface area contributed by atoms with Crippen LogP contribution >= 0.6 is 0 Å². The largest absolute Gasteiger partial charge is 0.248 e. The van der Waals surface area contributed by atoms with Gasteiger partial charge in [-0.2, -0.15) is 0 Å². The van der Waals surface area contributed by atoms with Crippen molar-refractivity contribution < 1.29 is 0 Å². The first kappa shape index (κ1) is 12.9. The first-order chi connectivity index (χ1) is 6.13. The standard InChI is InChI=1S/C11H26N2/c1-6-8-10-11(9-7-2)13(5)12(3)4/h11H,6-10H2,1-5H3. The smallest absolute Gasteiger partial charge is 0.0242 e. The van der Waals surface area contributed by atoms with Crippen molar-refractivity contribution in [1.29, 1.82) is 0 Å². The lowest BCUT2D eigenvalue weighted by molar-refractivity contribution is 0.00197. The molecule has 13 heavy (non-hydrogen) atoms. The van der Waals surface area contributed by atoms with E-state index in [1.165, 1.54) is 32.1 Å². The molecule has 0 aliphatic heterocycles. The van der Waals surface area contributed by atoms with E-state index in [1.54, 1.807) is 0 Å². The lowest BCUT2D eigenvalue weighted by atomic mass is 10.1. The lowest BCUT2D eigenvalue weighted by Gasteiger charge is -2.33. The third kappa shape index (κ3) is 5.27. The third-order valence-electron chi connectivity index (χ3n) is 2.67. The Morgan fingerprint density at radius 3 is 1.92 bits per heavy atom. The first-order valence-electron chi connectivity index (χ1n) is 5.53. The van der Waals surface area contributed by atoms with Gasteiger partial charge in [0.05, 0.1) is 0 Å². The summed E-state index contributed by atoms with van der Waals surface area (Å²) in [7, 11) is 6.43. The van der Waals surface area contributed by atoms with Crippen molar-refractivity contribution in [3.8, 4) is 0 Å². The van der Waals surface area contributed by atoms with E-state index in [-0.39, 0.29) is 0 Å². The summed E-state index contributed by atoms with van der Waals surface area (Å²) in [6.07, 6.45) is 6.59. The van der Waals surface area contributed by atoms with Crippen LogP contribution in [0.15, 0.2) is 0 Å². The van der Waals surface area contributed by atoms with E-state index in [0.717, 1.165) is 6.04 Å². The van der Waals surface area contributed by atoms with E-state index in [9.17, 15) is 0 Å². The van der Waals surface area contributed by atoms with Gasteiger partial charge in [0.25, 0.3) is 0 Å². The summed E-state index contributed by atoms with van der Waals surface area (Å²) in [5.41, 5.74) is 0. The normalized spacial score (nSPS) is 14.1. The summed E-state index contributed by atoms with van der Waals surface area (Å²) in [5, 5.41) is 4.55. The molecule has 0 aliphatic rings. The van der Waals surface area contributed by atoms with Crippen molar-refractivity contribution in [3.05, 3.63) is 0 Å². The number of unbranched alkanes of at least 4 members (excludes halogenated alkanes) is 1. The monoisotopic (exact) mass is 186 g/mol. The molecule has 0 aromatic heterocycles. The molecule has 0 spiro atoms. The number of hydrazine groups is 1. The van der Waals surface area contributed by atoms with Gasteiger partial charge in [-0.15, -0.1) is 0 Å². The predicted molar refractivity (Wildman–Crippen MR) is 59.7 cm³/mol. The quantitative estimate of drug-likeness (QED) is 0.564. The van der Waals surface area contributed by atoms with Crippen molar-refractivity contribution in [1.82, 2.24) is 10.0 Å². The number of rotatable bonds is 7. The maximum Gasteiger partial charge on any atom is 0.0242 e. The topological polar surface area (TPSA) is 6.48 Å². The summed E-state index contributed by atoms with van der Waals surface area (Å²) < 4.78 is 0. The van der Waals surface area contributed by atoms with Gasteiger partial charge < -0.3 is 0 Å². The zero-order chi connectivity index (χ0) is 10.3. The Balaban J connectivity index is 3.90. The molecule has 0 fully saturated rings. The van der Waals surface area contributed by atoms with Crippen LogP contribution in [0.4, 0.5) is 0 Å². The summed E-state index contributed by atoms with van der Waals surface area (Å²) in [4.78, 5) is 0. The molecule has 0 aromatic carbocycles. The molecule has 0 radical (unpaired) electrons. The van der Waals surface area contributed by atoms with Crippen molar-refractivity contribution >= 4 is 0 Å². The molecule has 2 heteroatoms. The van der Waals surface area contributed by atoms with Gasteiger partial charge in [-0.3, -0.25) is 0 Å². The van der Waals surface area contributed by atoms with Crippen molar-refractivity contribution in [2.45, 2.75) is 52.0 Å². The van der Waals surface area contributed by atoms with E-state index in [1.807, 2.05) is 0 Å². The molecule has 0 N–H and O–H groups in total. The van der Waals surface area contributed by atoms with Gasteiger partial charge in [0.15, 0.2) is 0 Å². The highest BCUT2D eigenvalue weighted by Gasteiger charge is 2.14. The van der Waals surface area contributed by atoms with Crippen LogP contribution in [0.3, 0.4) is 0 Å². The molecule has 0 bridgehead atoms. The van der Waals surface area contributed by atoms with E-state index < -0.39 is 0 Å². The Bertz CT molecular complexity index is 113. The van der Waals surface area contributed by atoms with Crippen molar-refractivity contribution in [3.63, 3.8) is 0 Å². The Morgan fingerprint density at radius 1 is 0.923 bits per heavy atom. The van der Waals surface area contributed by atoms with Crippen LogP contribution in [0.5, 0.6) is 0 Å². The Morgan fingerprint density at radius 2 is 1.54 bits per heavy atom. The van der Waals surface area contributed by atoms with E-state index >= 15 is 0 Å². The second kappa shape index (κ2) is 7.34. The van der Waals surface area contributed by atoms with Crippen LogP contribution in [0.25, 0.3) is 0 Å². The molecule has 0 rings (SSSR count). The highest BCUT2D eigenvalue weighted by molar-refractivity contribution is 4.65. The fourth-order valence-electron chi connectivity index (χ4n) is 1.62. The molecule has 1 atom stereocenters. The highest BCUT2D eigenvalue weighted by Crippen LogP contribution is 2.13. The average molecular weight is 186 g/mol. The summed E-state index contributed by atoms with van der Waals surface area (Å²) in [5.74, 6) is 0. The van der Waals surface area contributed by atoms with Gasteiger partial charge in [0, 0.05) is 27.2 Å². The minimum absolute atomic E-state index is 0.736. The highest BCUT2D eigenvalue weighted by atomic mass is 15.6. The van der Waals surface area contributed by atoms with Crippen LogP contribution in [0, 0.1) is 0 Å². The average Bonchev–Trinajstić information content (AvgIpc) is 2.11. The molecule has 2 nitrogen and oxygen atoms in total. The Kier molecular flexibility index (Phi) is 7.29. The second-order valence-electron chi connectivity index (χ2n) is 4.01. The van der Waals surface area contributed by atoms with E-state index in [0.29, 0.717) is 0 Å². The molecule has 0 heterocycles. The zero-order valence-electron chi connectivity index (χ0n) is 10.0. The maximum atomic E-state index is 2.36. The van der Waals surface area contributed by atoms with E-state index in [2.05, 4.69) is 45.0 Å². The SMILES string of the molecule is CCCCC(CCC)N(C)N(C)C. The Hall–Kier alpha value is -0.0800. The van der Waals surface area contributed by atoms with Crippen molar-refractivity contribution in [2.24, 2.45) is 0 Å². The molecular formula is C11H26N2. The fraction of sp³-hybridized carbons (Fsp3) is 1.00. The van der Waals surface area contributed by atoms with Crippen LogP contribution in [0.1, 0.15) is 46.0 Å². The number of hydrogen-bond donors (Lipinski definition) is 0. The van der Waals surface area contributed by atoms with Gasteiger partial charge in [0.1, 0.15) is 0 Å². The molecule has 0 saturated carbocycles. The fourth-order valence-corrected chi connectivity index (χ4v) is 1.62. The molecule has 0 aromatic rings. The Labute approximate surface area is 83.9 Å². The van der Waals surface area contributed by atoms with E-state index in [4.69, 9.17) is 0 Å². The van der Waals surface area contributed by atoms with Crippen LogP contribution < -0.4 is 0 Å². The maximum absolute atomic E-state index is 2.36. The molecular weight excluding hydrogens is 160 g/mol. The van der Waals surface area contributed by atoms with Crippen molar-refractivity contribution in [2.75, 3.05) is 21.1 Å². The van der Waals surface area contributed by atoms with Gasteiger partial charge in [-0.1, -0.05) is 33.1 Å². The van der Waals surface area contributed by atoms with Gasteiger partial charge >= 0.3 is 0 Å². The third-order valence-corrected chi connectivity index (χ3v) is 2.67. The predicted octanol–water partition coefficient (Wildman–Crippen LogP) is 2.75. The number of nitrogens with zero attached hydrogens (tertiary/aromatic N) is 2. The molecule has 0 saturated heterocycles. The summed E-state index contributed by atoms with van der Waals surface area (Å²) in [6, 6.07) is 0.736. The van der Waals surface area contributed by atoms with Gasteiger partial charge in [-0.25, -0.2) is 10.0 Å². The van der Waals surface area contributed by atoms with Crippen LogP contribution in [0.2, 0.25) is 0 Å². The van der Waals surface area contributed by atoms with Gasteiger partial charge in [0.2, 0.25) is 0 Å². The summed E-state index contributed by atoms with van der Waals surface area (Å²) >= 11 is 0. The minimum Gasteiger partial charge on any atom is -0.248 e. The van der Waals surface area contributed by atoms with Crippen LogP contribution in [-0.2, 0) is 0 Å². The first-order valence-corrected chi connectivity index (χ1v) is 5.53. The van der Waals surface area contributed by atoms with Crippen LogP contribution in [-0.4, -0.2) is 37.2 Å². The molecule has 0 amide bonds. The molecule has 1 unspecified atom stereocenters. The minimum atomic E-state index is 0.736. The molecule has 80 valence electrons. The second-order valence-corrected chi connectivity index (χ2v) is 4.01.